The van der Waals surface area contributed by atoms with Gasteiger partial charge in [-0.05, 0) is 12.3 Å². The first-order valence-corrected chi connectivity index (χ1v) is 7.24. The van der Waals surface area contributed by atoms with Crippen LogP contribution in [0.2, 0.25) is 0 Å². The Bertz CT molecular complexity index is 419. The molecule has 2 N–H and O–H groups in total. The smallest absolute Gasteiger partial charge is 0.257 e. The van der Waals surface area contributed by atoms with Gasteiger partial charge in [-0.3, -0.25) is 14.8 Å². The summed E-state index contributed by atoms with van der Waals surface area (Å²) < 4.78 is 0. The molecule has 1 aliphatic heterocycles. The Balaban J connectivity index is 2.00. The standard InChI is InChI=1S/C14H24N4O2/c1-11(2)9-17-4-5-18(10-13(17)3-6-19)14(20)12-7-15-16-8-12/h7-8,11,13,19H,3-6,9-10H2,1-2H3,(H,15,16)/t13-/m0/s1. The van der Waals surface area contributed by atoms with Crippen LogP contribution in [-0.2, 0) is 0 Å². The van der Waals surface area contributed by atoms with Crippen molar-refractivity contribution in [3.8, 4) is 0 Å². The molecule has 6 nitrogen and oxygen atoms in total. The first-order chi connectivity index (χ1) is 9.61. The second-order valence-corrected chi connectivity index (χ2v) is 5.79. The molecule has 1 fully saturated rings. The van der Waals surface area contributed by atoms with Gasteiger partial charge in [0.1, 0.15) is 0 Å². The quantitative estimate of drug-likeness (QED) is 0.827. The van der Waals surface area contributed by atoms with Crippen LogP contribution in [0.3, 0.4) is 0 Å². The third kappa shape index (κ3) is 3.58. The Morgan fingerprint density at radius 2 is 2.35 bits per heavy atom. The number of aliphatic hydroxyl groups is 1. The topological polar surface area (TPSA) is 72.5 Å². The molecule has 1 aromatic rings. The Morgan fingerprint density at radius 3 is 2.95 bits per heavy atom. The molecule has 2 rings (SSSR count). The van der Waals surface area contributed by atoms with E-state index in [1.807, 2.05) is 4.90 Å². The van der Waals surface area contributed by atoms with Gasteiger partial charge in [-0.15, -0.1) is 0 Å². The number of aromatic nitrogens is 2. The minimum Gasteiger partial charge on any atom is -0.396 e. The number of carbonyl (C=O) groups excluding carboxylic acids is 1. The molecule has 1 aromatic heterocycles. The number of aromatic amines is 1. The molecule has 2 heterocycles. The normalized spacial score (nSPS) is 20.6. The summed E-state index contributed by atoms with van der Waals surface area (Å²) >= 11 is 0. The summed E-state index contributed by atoms with van der Waals surface area (Å²) in [5.74, 6) is 0.609. The highest BCUT2D eigenvalue weighted by Crippen LogP contribution is 2.16. The van der Waals surface area contributed by atoms with Crippen LogP contribution in [0.25, 0.3) is 0 Å². The van der Waals surface area contributed by atoms with Gasteiger partial charge in [0.05, 0.1) is 11.8 Å². The fourth-order valence-corrected chi connectivity index (χ4v) is 2.76. The number of nitrogens with one attached hydrogen (secondary N) is 1. The molecule has 0 radical (unpaired) electrons. The number of aliphatic hydroxyl groups excluding tert-OH is 1. The van der Waals surface area contributed by atoms with Crippen LogP contribution in [0.4, 0.5) is 0 Å². The van der Waals surface area contributed by atoms with Crippen molar-refractivity contribution >= 4 is 5.91 Å². The van der Waals surface area contributed by atoms with Crippen molar-refractivity contribution in [2.24, 2.45) is 5.92 Å². The van der Waals surface area contributed by atoms with Crippen LogP contribution in [0, 0.1) is 5.92 Å². The van der Waals surface area contributed by atoms with Crippen molar-refractivity contribution in [1.29, 1.82) is 0 Å². The highest BCUT2D eigenvalue weighted by Gasteiger charge is 2.30. The molecule has 0 bridgehead atoms. The van der Waals surface area contributed by atoms with E-state index in [0.717, 1.165) is 19.6 Å². The second kappa shape index (κ2) is 6.85. The Hall–Kier alpha value is -1.40. The number of hydrogen-bond acceptors (Lipinski definition) is 4. The number of H-pyrrole nitrogens is 1. The fourth-order valence-electron chi connectivity index (χ4n) is 2.76. The van der Waals surface area contributed by atoms with Crippen LogP contribution in [0.15, 0.2) is 12.4 Å². The van der Waals surface area contributed by atoms with Crippen molar-refractivity contribution in [3.63, 3.8) is 0 Å². The minimum absolute atomic E-state index is 0.0193. The molecule has 0 unspecified atom stereocenters. The van der Waals surface area contributed by atoms with Gasteiger partial charge in [-0.1, -0.05) is 13.8 Å². The van der Waals surface area contributed by atoms with E-state index in [2.05, 4.69) is 28.9 Å². The van der Waals surface area contributed by atoms with Gasteiger partial charge in [-0.25, -0.2) is 0 Å². The Labute approximate surface area is 119 Å². The van der Waals surface area contributed by atoms with Crippen LogP contribution in [0.1, 0.15) is 30.6 Å². The van der Waals surface area contributed by atoms with Crippen molar-refractivity contribution < 1.29 is 9.90 Å². The van der Waals surface area contributed by atoms with Crippen molar-refractivity contribution in [3.05, 3.63) is 18.0 Å². The molecule has 1 atom stereocenters. The summed E-state index contributed by atoms with van der Waals surface area (Å²) in [6.07, 6.45) is 3.90. The number of nitrogens with zero attached hydrogens (tertiary/aromatic N) is 3. The molecule has 6 heteroatoms. The first kappa shape index (κ1) is 15.0. The van der Waals surface area contributed by atoms with Gasteiger partial charge in [0, 0.05) is 45.0 Å². The molecule has 0 saturated carbocycles. The van der Waals surface area contributed by atoms with E-state index in [4.69, 9.17) is 0 Å². The number of hydrogen-bond donors (Lipinski definition) is 2. The van der Waals surface area contributed by atoms with Gasteiger partial charge in [0.2, 0.25) is 0 Å². The maximum atomic E-state index is 12.3. The third-order valence-electron chi connectivity index (χ3n) is 3.70. The van der Waals surface area contributed by atoms with Gasteiger partial charge in [0.25, 0.3) is 5.91 Å². The maximum Gasteiger partial charge on any atom is 0.257 e. The molecule has 112 valence electrons. The van der Waals surface area contributed by atoms with Crippen LogP contribution in [-0.4, -0.2) is 69.8 Å². The van der Waals surface area contributed by atoms with E-state index in [0.29, 0.717) is 24.4 Å². The molecule has 0 aliphatic carbocycles. The van der Waals surface area contributed by atoms with E-state index < -0.39 is 0 Å². The lowest BCUT2D eigenvalue weighted by Crippen LogP contribution is -2.55. The lowest BCUT2D eigenvalue weighted by atomic mass is 10.1. The zero-order valence-electron chi connectivity index (χ0n) is 12.2. The number of amides is 1. The zero-order chi connectivity index (χ0) is 14.5. The SMILES string of the molecule is CC(C)CN1CCN(C(=O)c2cn[nH]c2)C[C@@H]1CCO. The van der Waals surface area contributed by atoms with Crippen LogP contribution >= 0.6 is 0 Å². The monoisotopic (exact) mass is 280 g/mol. The van der Waals surface area contributed by atoms with Gasteiger partial charge in [0.15, 0.2) is 0 Å². The highest BCUT2D eigenvalue weighted by atomic mass is 16.3. The highest BCUT2D eigenvalue weighted by molar-refractivity contribution is 5.93. The summed E-state index contributed by atoms with van der Waals surface area (Å²) in [7, 11) is 0. The molecule has 1 aliphatic rings. The van der Waals surface area contributed by atoms with E-state index in [1.54, 1.807) is 12.4 Å². The summed E-state index contributed by atoms with van der Waals surface area (Å²) in [5.41, 5.74) is 0.602. The molecule has 1 saturated heterocycles. The van der Waals surface area contributed by atoms with Crippen molar-refractivity contribution in [2.75, 3.05) is 32.8 Å². The van der Waals surface area contributed by atoms with Crippen molar-refractivity contribution in [2.45, 2.75) is 26.3 Å². The van der Waals surface area contributed by atoms with Crippen molar-refractivity contribution in [1.82, 2.24) is 20.0 Å². The molecule has 20 heavy (non-hydrogen) atoms. The van der Waals surface area contributed by atoms with Gasteiger partial charge >= 0.3 is 0 Å². The number of piperazine rings is 1. The minimum atomic E-state index is 0.0193. The third-order valence-corrected chi connectivity index (χ3v) is 3.70. The molecule has 1 amide bonds. The van der Waals surface area contributed by atoms with Gasteiger partial charge < -0.3 is 10.0 Å². The number of rotatable bonds is 5. The van der Waals surface area contributed by atoms with Gasteiger partial charge in [-0.2, -0.15) is 5.10 Å². The molecular formula is C14H24N4O2. The van der Waals surface area contributed by atoms with E-state index >= 15 is 0 Å². The largest absolute Gasteiger partial charge is 0.396 e. The molecular weight excluding hydrogens is 256 g/mol. The first-order valence-electron chi connectivity index (χ1n) is 7.24. The number of carbonyl (C=O) groups is 1. The Morgan fingerprint density at radius 1 is 1.55 bits per heavy atom. The fraction of sp³-hybridized carbons (Fsp3) is 0.714. The predicted molar refractivity (Wildman–Crippen MR) is 76.4 cm³/mol. The average Bonchev–Trinajstić information content (AvgIpc) is 2.93. The van der Waals surface area contributed by atoms with E-state index in [1.165, 1.54) is 0 Å². The Kier molecular flexibility index (Phi) is 5.14. The van der Waals surface area contributed by atoms with Crippen LogP contribution in [0.5, 0.6) is 0 Å². The summed E-state index contributed by atoms with van der Waals surface area (Å²) in [4.78, 5) is 16.6. The second-order valence-electron chi connectivity index (χ2n) is 5.79. The average molecular weight is 280 g/mol. The lowest BCUT2D eigenvalue weighted by molar-refractivity contribution is 0.0384. The predicted octanol–water partition coefficient (Wildman–Crippen LogP) is 0.574. The zero-order valence-corrected chi connectivity index (χ0v) is 12.2. The molecule has 0 spiro atoms. The lowest BCUT2D eigenvalue weighted by Gasteiger charge is -2.42. The maximum absolute atomic E-state index is 12.3. The van der Waals surface area contributed by atoms with Crippen LogP contribution < -0.4 is 0 Å². The summed E-state index contributed by atoms with van der Waals surface area (Å²) in [6, 6.07) is 0.243. The summed E-state index contributed by atoms with van der Waals surface area (Å²) in [6.45, 7) is 7.84. The van der Waals surface area contributed by atoms with E-state index in [9.17, 15) is 9.90 Å². The van der Waals surface area contributed by atoms with E-state index in [-0.39, 0.29) is 18.6 Å². The molecule has 0 aromatic carbocycles. The summed E-state index contributed by atoms with van der Waals surface area (Å²) in [5, 5.41) is 15.7.